The number of hydrogen-bond acceptors (Lipinski definition) is 6. The predicted octanol–water partition coefficient (Wildman–Crippen LogP) is 3.26. The van der Waals surface area contributed by atoms with E-state index < -0.39 is 0 Å². The Labute approximate surface area is 128 Å². The Morgan fingerprint density at radius 1 is 1.50 bits per heavy atom. The van der Waals surface area contributed by atoms with Gasteiger partial charge in [0.15, 0.2) is 10.2 Å². The second kappa shape index (κ2) is 5.67. The van der Waals surface area contributed by atoms with Crippen LogP contribution >= 0.6 is 34.4 Å². The van der Waals surface area contributed by atoms with Crippen molar-refractivity contribution in [2.45, 2.75) is 18.6 Å². The molecule has 20 heavy (non-hydrogen) atoms. The van der Waals surface area contributed by atoms with Crippen molar-refractivity contribution in [2.75, 3.05) is 11.4 Å². The second-order valence-electron chi connectivity index (χ2n) is 4.43. The van der Waals surface area contributed by atoms with Crippen molar-refractivity contribution in [2.24, 2.45) is 0 Å². The number of carbonyl (C=O) groups excluding carboxylic acids is 2. The summed E-state index contributed by atoms with van der Waals surface area (Å²) in [5.41, 5.74) is 0.912. The number of carbonyl (C=O) groups is 2. The largest absolute Gasteiger partial charge is 0.288 e. The molecule has 0 saturated carbocycles. The van der Waals surface area contributed by atoms with Crippen molar-refractivity contribution in [3.8, 4) is 10.6 Å². The van der Waals surface area contributed by atoms with Crippen LogP contribution in [0.15, 0.2) is 22.9 Å². The molecular formula is C13H12N2O2S3. The highest BCUT2D eigenvalue weighted by atomic mass is 32.2. The van der Waals surface area contributed by atoms with Crippen LogP contribution in [0.2, 0.25) is 0 Å². The fourth-order valence-corrected chi connectivity index (χ4v) is 4.63. The van der Waals surface area contributed by atoms with Crippen LogP contribution in [0.1, 0.15) is 13.3 Å². The summed E-state index contributed by atoms with van der Waals surface area (Å²) in [4.78, 5) is 30.5. The summed E-state index contributed by atoms with van der Waals surface area (Å²) in [6.45, 7) is 2.11. The van der Waals surface area contributed by atoms with Gasteiger partial charge in [-0.25, -0.2) is 4.98 Å². The van der Waals surface area contributed by atoms with Crippen LogP contribution in [0.5, 0.6) is 0 Å². The summed E-state index contributed by atoms with van der Waals surface area (Å²) in [5.74, 6) is 0.0517. The third kappa shape index (κ3) is 2.79. The van der Waals surface area contributed by atoms with E-state index in [0.717, 1.165) is 15.7 Å². The number of aromatic nitrogens is 1. The first-order valence-corrected chi connectivity index (χ1v) is 8.74. The van der Waals surface area contributed by atoms with Crippen molar-refractivity contribution < 1.29 is 9.59 Å². The Hall–Kier alpha value is -1.18. The quantitative estimate of drug-likeness (QED) is 0.869. The van der Waals surface area contributed by atoms with Crippen LogP contribution < -0.4 is 4.90 Å². The SMILES string of the molecule is CC(=O)SC1CC(=O)N(c2nc(-c3cccs3)cs2)C1. The minimum atomic E-state index is 0.0501. The van der Waals surface area contributed by atoms with Gasteiger partial charge in [-0.2, -0.15) is 0 Å². The van der Waals surface area contributed by atoms with E-state index in [1.807, 2.05) is 22.9 Å². The third-order valence-corrected chi connectivity index (χ3v) is 5.66. The highest BCUT2D eigenvalue weighted by Gasteiger charge is 2.33. The van der Waals surface area contributed by atoms with Gasteiger partial charge in [0.1, 0.15) is 0 Å². The zero-order chi connectivity index (χ0) is 14.1. The molecule has 1 saturated heterocycles. The Kier molecular flexibility index (Phi) is 3.91. The number of hydrogen-bond donors (Lipinski definition) is 0. The van der Waals surface area contributed by atoms with Gasteiger partial charge in [-0.05, 0) is 11.4 Å². The summed E-state index contributed by atoms with van der Waals surface area (Å²) < 4.78 is 0. The van der Waals surface area contributed by atoms with Gasteiger partial charge in [-0.15, -0.1) is 22.7 Å². The monoisotopic (exact) mass is 324 g/mol. The number of anilines is 1. The van der Waals surface area contributed by atoms with Crippen LogP contribution in [0.4, 0.5) is 5.13 Å². The van der Waals surface area contributed by atoms with Crippen LogP contribution in [-0.4, -0.2) is 27.8 Å². The summed E-state index contributed by atoms with van der Waals surface area (Å²) in [5, 5.41) is 4.82. The molecule has 104 valence electrons. The minimum Gasteiger partial charge on any atom is -0.288 e. The van der Waals surface area contributed by atoms with E-state index in [1.54, 1.807) is 16.2 Å². The van der Waals surface area contributed by atoms with E-state index in [-0.39, 0.29) is 16.3 Å². The van der Waals surface area contributed by atoms with Crippen LogP contribution in [-0.2, 0) is 9.59 Å². The summed E-state index contributed by atoms with van der Waals surface area (Å²) >= 11 is 4.36. The lowest BCUT2D eigenvalue weighted by Gasteiger charge is -2.11. The molecule has 2 aromatic rings. The molecule has 0 aliphatic carbocycles. The first-order chi connectivity index (χ1) is 9.63. The molecule has 1 unspecified atom stereocenters. The maximum absolute atomic E-state index is 12.0. The van der Waals surface area contributed by atoms with Gasteiger partial charge < -0.3 is 0 Å². The molecule has 0 aromatic carbocycles. The Morgan fingerprint density at radius 3 is 3.05 bits per heavy atom. The lowest BCUT2D eigenvalue weighted by atomic mass is 10.4. The average Bonchev–Trinajstić information content (AvgIpc) is 3.07. The molecule has 4 nitrogen and oxygen atoms in total. The molecule has 1 amide bonds. The predicted molar refractivity (Wildman–Crippen MR) is 84.5 cm³/mol. The minimum absolute atomic E-state index is 0.0501. The molecule has 0 radical (unpaired) electrons. The summed E-state index contributed by atoms with van der Waals surface area (Å²) in [6, 6.07) is 4.00. The molecule has 0 N–H and O–H groups in total. The van der Waals surface area contributed by atoms with Gasteiger partial charge in [0.05, 0.1) is 10.6 Å². The zero-order valence-electron chi connectivity index (χ0n) is 10.7. The molecule has 0 spiro atoms. The smallest absolute Gasteiger partial charge is 0.230 e. The molecule has 3 rings (SSSR count). The molecule has 2 aromatic heterocycles. The van der Waals surface area contributed by atoms with E-state index in [4.69, 9.17) is 0 Å². The van der Waals surface area contributed by atoms with E-state index in [9.17, 15) is 9.59 Å². The first kappa shape index (κ1) is 13.8. The van der Waals surface area contributed by atoms with E-state index in [0.29, 0.717) is 13.0 Å². The summed E-state index contributed by atoms with van der Waals surface area (Å²) in [6.07, 6.45) is 0.415. The van der Waals surface area contributed by atoms with Gasteiger partial charge in [0, 0.05) is 30.5 Å². The highest BCUT2D eigenvalue weighted by Crippen LogP contribution is 2.34. The average molecular weight is 324 g/mol. The lowest BCUT2D eigenvalue weighted by molar-refractivity contribution is -0.117. The van der Waals surface area contributed by atoms with E-state index >= 15 is 0 Å². The van der Waals surface area contributed by atoms with Gasteiger partial charge in [0.25, 0.3) is 0 Å². The highest BCUT2D eigenvalue weighted by molar-refractivity contribution is 8.14. The number of thioether (sulfide) groups is 1. The number of thiophene rings is 1. The lowest BCUT2D eigenvalue weighted by Crippen LogP contribution is -2.24. The van der Waals surface area contributed by atoms with Gasteiger partial charge >= 0.3 is 0 Å². The maximum Gasteiger partial charge on any atom is 0.230 e. The van der Waals surface area contributed by atoms with Crippen molar-refractivity contribution in [3.63, 3.8) is 0 Å². The van der Waals surface area contributed by atoms with E-state index in [1.165, 1.54) is 30.0 Å². The maximum atomic E-state index is 12.0. The Morgan fingerprint density at radius 2 is 2.35 bits per heavy atom. The summed E-state index contributed by atoms with van der Waals surface area (Å²) in [7, 11) is 0. The number of thiazole rings is 1. The molecule has 1 aliphatic heterocycles. The number of nitrogens with zero attached hydrogens (tertiary/aromatic N) is 2. The van der Waals surface area contributed by atoms with Crippen molar-refractivity contribution in [1.29, 1.82) is 0 Å². The van der Waals surface area contributed by atoms with E-state index in [2.05, 4.69) is 4.98 Å². The van der Waals surface area contributed by atoms with Crippen LogP contribution in [0.25, 0.3) is 10.6 Å². The Bertz CT molecular complexity index is 636. The molecular weight excluding hydrogens is 312 g/mol. The normalized spacial score (nSPS) is 18.8. The van der Waals surface area contributed by atoms with Gasteiger partial charge in [-0.1, -0.05) is 17.8 Å². The fraction of sp³-hybridized carbons (Fsp3) is 0.308. The third-order valence-electron chi connectivity index (χ3n) is 2.92. The number of rotatable bonds is 3. The molecule has 0 bridgehead atoms. The zero-order valence-corrected chi connectivity index (χ0v) is 13.2. The first-order valence-electron chi connectivity index (χ1n) is 6.10. The second-order valence-corrected chi connectivity index (χ2v) is 7.69. The standard InChI is InChI=1S/C13H12N2O2S3/c1-8(16)20-9-5-12(17)15(6-9)13-14-10(7-19-13)11-3-2-4-18-11/h2-4,7,9H,5-6H2,1H3. The van der Waals surface area contributed by atoms with Crippen molar-refractivity contribution in [3.05, 3.63) is 22.9 Å². The molecule has 1 atom stereocenters. The molecule has 1 fully saturated rings. The van der Waals surface area contributed by atoms with Crippen LogP contribution in [0.3, 0.4) is 0 Å². The van der Waals surface area contributed by atoms with Gasteiger partial charge in [-0.3, -0.25) is 14.5 Å². The number of amides is 1. The van der Waals surface area contributed by atoms with Crippen molar-refractivity contribution >= 4 is 50.6 Å². The molecule has 3 heterocycles. The fourth-order valence-electron chi connectivity index (χ4n) is 2.10. The molecule has 7 heteroatoms. The van der Waals surface area contributed by atoms with Gasteiger partial charge in [0.2, 0.25) is 5.91 Å². The van der Waals surface area contributed by atoms with Crippen LogP contribution in [0, 0.1) is 0 Å². The van der Waals surface area contributed by atoms with Crippen molar-refractivity contribution in [1.82, 2.24) is 4.98 Å². The molecule has 1 aliphatic rings. The Balaban J connectivity index is 1.77. The topological polar surface area (TPSA) is 50.3 Å².